The quantitative estimate of drug-likeness (QED) is 0.801. The standard InChI is InChI=1S/C14H13FN4O2S/c1-8-12(22-13-16-7-17-19(8)13)9(2)21-14(20)18-11-5-3-10(15)4-6-11/h3-7,9H,1-2H3,(H,18,20)/t9-/m1/s1. The number of nitrogens with zero attached hydrogens (tertiary/aromatic N) is 3. The number of aromatic nitrogens is 3. The van der Waals surface area contributed by atoms with Gasteiger partial charge in [-0.1, -0.05) is 11.3 Å². The first-order valence-electron chi connectivity index (χ1n) is 6.57. The molecule has 1 aromatic carbocycles. The monoisotopic (exact) mass is 320 g/mol. The molecule has 1 N–H and O–H groups in total. The lowest BCUT2D eigenvalue weighted by atomic mass is 10.3. The maximum Gasteiger partial charge on any atom is 0.412 e. The minimum absolute atomic E-state index is 0.364. The average molecular weight is 320 g/mol. The fourth-order valence-corrected chi connectivity index (χ4v) is 3.09. The fourth-order valence-electron chi connectivity index (χ4n) is 2.08. The van der Waals surface area contributed by atoms with Crippen LogP contribution in [0.2, 0.25) is 0 Å². The second-order valence-corrected chi connectivity index (χ2v) is 5.69. The van der Waals surface area contributed by atoms with Crippen molar-refractivity contribution < 1.29 is 13.9 Å². The third-order valence-corrected chi connectivity index (χ3v) is 4.44. The molecule has 0 aliphatic carbocycles. The van der Waals surface area contributed by atoms with Crippen LogP contribution in [0.5, 0.6) is 0 Å². The van der Waals surface area contributed by atoms with Gasteiger partial charge in [-0.25, -0.2) is 18.7 Å². The molecule has 6 nitrogen and oxygen atoms in total. The second kappa shape index (κ2) is 5.72. The van der Waals surface area contributed by atoms with Gasteiger partial charge in [-0.3, -0.25) is 5.32 Å². The maximum absolute atomic E-state index is 12.8. The van der Waals surface area contributed by atoms with Gasteiger partial charge in [0, 0.05) is 5.69 Å². The summed E-state index contributed by atoms with van der Waals surface area (Å²) in [6.07, 6.45) is 0.446. The van der Waals surface area contributed by atoms with Crippen molar-refractivity contribution in [2.75, 3.05) is 5.32 Å². The van der Waals surface area contributed by atoms with Crippen LogP contribution in [0.1, 0.15) is 23.6 Å². The van der Waals surface area contributed by atoms with Crippen molar-refractivity contribution in [2.24, 2.45) is 0 Å². The van der Waals surface area contributed by atoms with Crippen molar-refractivity contribution in [3.8, 4) is 0 Å². The van der Waals surface area contributed by atoms with Gasteiger partial charge in [0.1, 0.15) is 18.2 Å². The summed E-state index contributed by atoms with van der Waals surface area (Å²) in [5.41, 5.74) is 1.36. The van der Waals surface area contributed by atoms with Crippen LogP contribution in [0.3, 0.4) is 0 Å². The predicted molar refractivity (Wildman–Crippen MR) is 80.5 cm³/mol. The Bertz CT molecular complexity index is 812. The van der Waals surface area contributed by atoms with E-state index in [1.54, 1.807) is 11.4 Å². The number of benzene rings is 1. The van der Waals surface area contributed by atoms with Crippen molar-refractivity contribution in [1.29, 1.82) is 0 Å². The summed E-state index contributed by atoms with van der Waals surface area (Å²) < 4.78 is 19.9. The van der Waals surface area contributed by atoms with Crippen molar-refractivity contribution in [2.45, 2.75) is 20.0 Å². The Labute approximate surface area is 129 Å². The number of rotatable bonds is 3. The number of aryl methyl sites for hydroxylation is 1. The van der Waals surface area contributed by atoms with Gasteiger partial charge >= 0.3 is 6.09 Å². The molecule has 0 radical (unpaired) electrons. The lowest BCUT2D eigenvalue weighted by Crippen LogP contribution is -2.16. The number of thiazole rings is 1. The number of halogens is 1. The molecule has 3 rings (SSSR count). The maximum atomic E-state index is 12.8. The van der Waals surface area contributed by atoms with Gasteiger partial charge in [0.05, 0.1) is 10.6 Å². The molecule has 0 saturated carbocycles. The molecule has 0 aliphatic heterocycles. The number of carbonyl (C=O) groups is 1. The molecule has 0 aliphatic rings. The van der Waals surface area contributed by atoms with E-state index in [1.807, 2.05) is 6.92 Å². The molecular formula is C14H13FN4O2S. The van der Waals surface area contributed by atoms with E-state index in [4.69, 9.17) is 4.74 Å². The lowest BCUT2D eigenvalue weighted by molar-refractivity contribution is 0.122. The van der Waals surface area contributed by atoms with E-state index in [1.165, 1.54) is 41.9 Å². The molecule has 2 aromatic heterocycles. The van der Waals surface area contributed by atoms with Gasteiger partial charge in [0.2, 0.25) is 4.96 Å². The molecule has 0 unspecified atom stereocenters. The van der Waals surface area contributed by atoms with Crippen LogP contribution in [0.15, 0.2) is 30.6 Å². The minimum Gasteiger partial charge on any atom is -0.440 e. The molecule has 2 heterocycles. The van der Waals surface area contributed by atoms with Gasteiger partial charge in [-0.05, 0) is 38.1 Å². The molecule has 0 bridgehead atoms. The Hall–Kier alpha value is -2.48. The Morgan fingerprint density at radius 1 is 1.41 bits per heavy atom. The Kier molecular flexibility index (Phi) is 3.76. The van der Waals surface area contributed by atoms with Gasteiger partial charge < -0.3 is 4.74 Å². The molecular weight excluding hydrogens is 307 g/mol. The Morgan fingerprint density at radius 2 is 2.14 bits per heavy atom. The zero-order valence-corrected chi connectivity index (χ0v) is 12.7. The average Bonchev–Trinajstić information content (AvgIpc) is 3.05. The van der Waals surface area contributed by atoms with E-state index in [9.17, 15) is 9.18 Å². The van der Waals surface area contributed by atoms with Gasteiger partial charge in [-0.15, -0.1) is 0 Å². The number of ether oxygens (including phenoxy) is 1. The van der Waals surface area contributed by atoms with Crippen molar-refractivity contribution >= 4 is 28.1 Å². The highest BCUT2D eigenvalue weighted by atomic mass is 32.1. The molecule has 22 heavy (non-hydrogen) atoms. The topological polar surface area (TPSA) is 68.5 Å². The number of anilines is 1. The molecule has 0 spiro atoms. The first kappa shape index (κ1) is 14.5. The smallest absolute Gasteiger partial charge is 0.412 e. The normalized spacial score (nSPS) is 12.3. The third kappa shape index (κ3) is 2.77. The zero-order valence-electron chi connectivity index (χ0n) is 11.9. The van der Waals surface area contributed by atoms with Crippen LogP contribution in [0, 0.1) is 12.7 Å². The SMILES string of the molecule is Cc1c([C@@H](C)OC(=O)Nc2ccc(F)cc2)sc2ncnn12. The molecule has 0 fully saturated rings. The zero-order chi connectivity index (χ0) is 15.7. The summed E-state index contributed by atoms with van der Waals surface area (Å²) in [5, 5.41) is 6.66. The highest BCUT2D eigenvalue weighted by Gasteiger charge is 2.19. The molecule has 1 atom stereocenters. The number of carbonyl (C=O) groups excluding carboxylic acids is 1. The number of hydrogen-bond acceptors (Lipinski definition) is 5. The summed E-state index contributed by atoms with van der Waals surface area (Å²) in [7, 11) is 0. The van der Waals surface area contributed by atoms with Crippen molar-refractivity contribution in [3.63, 3.8) is 0 Å². The van der Waals surface area contributed by atoms with E-state index in [0.717, 1.165) is 15.5 Å². The van der Waals surface area contributed by atoms with Crippen LogP contribution in [0.25, 0.3) is 4.96 Å². The molecule has 1 amide bonds. The number of fused-ring (bicyclic) bond motifs is 1. The second-order valence-electron chi connectivity index (χ2n) is 4.69. The molecule has 8 heteroatoms. The Morgan fingerprint density at radius 3 is 2.82 bits per heavy atom. The van der Waals surface area contributed by atoms with Crippen LogP contribution in [-0.4, -0.2) is 20.7 Å². The fraction of sp³-hybridized carbons (Fsp3) is 0.214. The van der Waals surface area contributed by atoms with Crippen LogP contribution < -0.4 is 5.32 Å². The molecule has 0 saturated heterocycles. The van der Waals surface area contributed by atoms with E-state index in [0.29, 0.717) is 5.69 Å². The number of hydrogen-bond donors (Lipinski definition) is 1. The number of nitrogens with one attached hydrogen (secondary N) is 1. The summed E-state index contributed by atoms with van der Waals surface area (Å²) in [5.74, 6) is -0.364. The Balaban J connectivity index is 1.69. The highest BCUT2D eigenvalue weighted by Crippen LogP contribution is 2.29. The van der Waals surface area contributed by atoms with Crippen LogP contribution in [-0.2, 0) is 4.74 Å². The summed E-state index contributed by atoms with van der Waals surface area (Å²) in [6, 6.07) is 5.47. The summed E-state index contributed by atoms with van der Waals surface area (Å²) in [6.45, 7) is 3.67. The third-order valence-electron chi connectivity index (χ3n) is 3.14. The highest BCUT2D eigenvalue weighted by molar-refractivity contribution is 7.17. The van der Waals surface area contributed by atoms with Crippen LogP contribution in [0.4, 0.5) is 14.9 Å². The van der Waals surface area contributed by atoms with E-state index < -0.39 is 12.2 Å². The molecule has 3 aromatic rings. The predicted octanol–water partition coefficient (Wildman–Crippen LogP) is 3.55. The van der Waals surface area contributed by atoms with Gasteiger partial charge in [0.25, 0.3) is 0 Å². The summed E-state index contributed by atoms with van der Waals surface area (Å²) >= 11 is 1.42. The van der Waals surface area contributed by atoms with E-state index >= 15 is 0 Å². The first-order valence-corrected chi connectivity index (χ1v) is 7.38. The lowest BCUT2D eigenvalue weighted by Gasteiger charge is -2.13. The van der Waals surface area contributed by atoms with Gasteiger partial charge in [0.15, 0.2) is 0 Å². The van der Waals surface area contributed by atoms with Crippen molar-refractivity contribution in [1.82, 2.24) is 14.6 Å². The molecule has 114 valence electrons. The summed E-state index contributed by atoms with van der Waals surface area (Å²) in [4.78, 5) is 17.6. The van der Waals surface area contributed by atoms with E-state index in [-0.39, 0.29) is 5.82 Å². The van der Waals surface area contributed by atoms with Crippen molar-refractivity contribution in [3.05, 3.63) is 47.0 Å². The first-order chi connectivity index (χ1) is 10.5. The minimum atomic E-state index is -0.600. The van der Waals surface area contributed by atoms with Gasteiger partial charge in [-0.2, -0.15) is 5.10 Å². The number of amides is 1. The van der Waals surface area contributed by atoms with Crippen LogP contribution >= 0.6 is 11.3 Å². The largest absolute Gasteiger partial charge is 0.440 e. The van der Waals surface area contributed by atoms with E-state index in [2.05, 4.69) is 15.4 Å².